The van der Waals surface area contributed by atoms with E-state index in [4.69, 9.17) is 28.3 Å². The minimum Gasteiger partial charge on any atom is -0.396 e. The highest BCUT2D eigenvalue weighted by Gasteiger charge is 2.21. The Hall–Kier alpha value is 0.150. The van der Waals surface area contributed by atoms with Crippen molar-refractivity contribution < 1.29 is 13.5 Å². The topological polar surface area (TPSA) is 66.4 Å². The van der Waals surface area contributed by atoms with Gasteiger partial charge in [0.25, 0.3) is 0 Å². The van der Waals surface area contributed by atoms with E-state index in [1.54, 1.807) is 0 Å². The molecule has 0 aliphatic heterocycles. The van der Waals surface area contributed by atoms with Gasteiger partial charge in [-0.15, -0.1) is 0 Å². The van der Waals surface area contributed by atoms with Gasteiger partial charge in [-0.2, -0.15) is 0 Å². The van der Waals surface area contributed by atoms with Crippen molar-refractivity contribution in [2.75, 3.05) is 13.2 Å². The van der Waals surface area contributed by atoms with Gasteiger partial charge in [0.1, 0.15) is 4.90 Å². The van der Waals surface area contributed by atoms with Gasteiger partial charge in [-0.3, -0.25) is 0 Å². The van der Waals surface area contributed by atoms with E-state index in [9.17, 15) is 8.42 Å². The smallest absolute Gasteiger partial charge is 0.243 e. The van der Waals surface area contributed by atoms with E-state index in [2.05, 4.69) is 20.7 Å². The lowest BCUT2D eigenvalue weighted by Crippen LogP contribution is -2.25. The van der Waals surface area contributed by atoms with Gasteiger partial charge in [0.05, 0.1) is 10.0 Å². The van der Waals surface area contributed by atoms with Crippen LogP contribution in [0.25, 0.3) is 0 Å². The Morgan fingerprint density at radius 3 is 2.26 bits per heavy atom. The van der Waals surface area contributed by atoms with Crippen molar-refractivity contribution >= 4 is 49.2 Å². The summed E-state index contributed by atoms with van der Waals surface area (Å²) in [4.78, 5) is -0.110. The lowest BCUT2D eigenvalue weighted by molar-refractivity contribution is 0.283. The van der Waals surface area contributed by atoms with Crippen molar-refractivity contribution in [3.05, 3.63) is 26.7 Å². The van der Waals surface area contributed by atoms with Crippen LogP contribution in [-0.4, -0.2) is 26.7 Å². The molecule has 19 heavy (non-hydrogen) atoms. The quantitative estimate of drug-likeness (QED) is 0.702. The van der Waals surface area contributed by atoms with Crippen LogP contribution in [0, 0.1) is 0 Å². The first kappa shape index (κ1) is 17.2. The molecule has 8 heteroatoms. The molecule has 108 valence electrons. The minimum absolute atomic E-state index is 0.0715. The van der Waals surface area contributed by atoms with Crippen LogP contribution in [0.2, 0.25) is 10.0 Å². The monoisotopic (exact) mass is 389 g/mol. The molecule has 4 nitrogen and oxygen atoms in total. The van der Waals surface area contributed by atoms with Gasteiger partial charge >= 0.3 is 0 Å². The Bertz CT molecular complexity index is 514. The van der Waals surface area contributed by atoms with E-state index < -0.39 is 10.0 Å². The fourth-order valence-corrected chi connectivity index (χ4v) is 4.48. The first-order valence-corrected chi connectivity index (χ1v) is 8.67. The van der Waals surface area contributed by atoms with Crippen molar-refractivity contribution in [1.29, 1.82) is 0 Å². The zero-order chi connectivity index (χ0) is 14.5. The summed E-state index contributed by atoms with van der Waals surface area (Å²) in [6, 6.07) is 2.96. The average molecular weight is 391 g/mol. The number of halogens is 3. The molecule has 0 aromatic heterocycles. The zero-order valence-corrected chi connectivity index (χ0v) is 13.9. The molecule has 2 N–H and O–H groups in total. The molecule has 0 fully saturated rings. The van der Waals surface area contributed by atoms with Crippen molar-refractivity contribution in [2.45, 2.75) is 24.2 Å². The molecule has 0 spiro atoms. The number of aliphatic hydroxyl groups excluding tert-OH is 1. The van der Waals surface area contributed by atoms with Crippen LogP contribution in [0.4, 0.5) is 0 Å². The molecule has 0 atom stereocenters. The molecular weight excluding hydrogens is 377 g/mol. The summed E-state index contributed by atoms with van der Waals surface area (Å²) in [5.74, 6) is 0. The number of rotatable bonds is 7. The average Bonchev–Trinajstić information content (AvgIpc) is 2.26. The van der Waals surface area contributed by atoms with Gasteiger partial charge in [-0.1, -0.05) is 39.1 Å². The molecular formula is C11H14BrCl2NO3S. The number of hydrogen-bond donors (Lipinski definition) is 2. The van der Waals surface area contributed by atoms with Crippen LogP contribution >= 0.6 is 39.1 Å². The van der Waals surface area contributed by atoms with Gasteiger partial charge in [-0.25, -0.2) is 13.1 Å². The predicted octanol–water partition coefficient (Wildman–Crippen LogP) is 3.20. The fraction of sp³-hybridized carbons (Fsp3) is 0.455. The second-order valence-electron chi connectivity index (χ2n) is 3.88. The van der Waals surface area contributed by atoms with Gasteiger partial charge in [0.2, 0.25) is 10.0 Å². The second kappa shape index (κ2) is 7.81. The SMILES string of the molecule is O=S(=O)(NCCCCCO)c1c(Cl)cc(Br)cc1Cl. The number of benzene rings is 1. The highest BCUT2D eigenvalue weighted by molar-refractivity contribution is 9.10. The number of unbranched alkanes of at least 4 members (excludes halogenated alkanes) is 2. The summed E-state index contributed by atoms with van der Waals surface area (Å²) in [6.07, 6.45) is 2.05. The largest absolute Gasteiger partial charge is 0.396 e. The molecule has 0 saturated heterocycles. The minimum atomic E-state index is -3.72. The lowest BCUT2D eigenvalue weighted by atomic mass is 10.2. The first-order valence-electron chi connectivity index (χ1n) is 5.63. The van der Waals surface area contributed by atoms with Crippen LogP contribution in [-0.2, 0) is 10.0 Å². The maximum Gasteiger partial charge on any atom is 0.243 e. The Balaban J connectivity index is 2.78. The van der Waals surface area contributed by atoms with E-state index in [-0.39, 0.29) is 28.1 Å². The normalized spacial score (nSPS) is 11.8. The number of sulfonamides is 1. The van der Waals surface area contributed by atoms with Gasteiger partial charge in [-0.05, 0) is 31.4 Å². The molecule has 0 aliphatic carbocycles. The van der Waals surface area contributed by atoms with Gasteiger partial charge < -0.3 is 5.11 Å². The molecule has 1 rings (SSSR count). The number of nitrogens with one attached hydrogen (secondary N) is 1. The Morgan fingerprint density at radius 1 is 1.16 bits per heavy atom. The zero-order valence-electron chi connectivity index (χ0n) is 10.00. The van der Waals surface area contributed by atoms with Crippen LogP contribution in [0.1, 0.15) is 19.3 Å². The Morgan fingerprint density at radius 2 is 1.74 bits per heavy atom. The van der Waals surface area contributed by atoms with E-state index in [0.717, 1.165) is 6.42 Å². The van der Waals surface area contributed by atoms with E-state index in [1.165, 1.54) is 12.1 Å². The molecule has 0 bridgehead atoms. The van der Waals surface area contributed by atoms with Crippen molar-refractivity contribution in [1.82, 2.24) is 4.72 Å². The van der Waals surface area contributed by atoms with Crippen LogP contribution in [0.5, 0.6) is 0 Å². The van der Waals surface area contributed by atoms with Crippen molar-refractivity contribution in [2.24, 2.45) is 0 Å². The Kier molecular flexibility index (Phi) is 7.07. The molecule has 0 heterocycles. The van der Waals surface area contributed by atoms with Crippen molar-refractivity contribution in [3.8, 4) is 0 Å². The maximum absolute atomic E-state index is 12.1. The molecule has 0 amide bonds. The standard InChI is InChI=1S/C11H14BrCl2NO3S/c12-8-6-9(13)11(10(14)7-8)19(17,18)15-4-2-1-3-5-16/h6-7,15-16H,1-5H2. The molecule has 1 aromatic carbocycles. The first-order chi connectivity index (χ1) is 8.88. The second-order valence-corrected chi connectivity index (χ2v) is 7.31. The van der Waals surface area contributed by atoms with Gasteiger partial charge in [0, 0.05) is 17.6 Å². The molecule has 0 saturated carbocycles. The fourth-order valence-electron chi connectivity index (χ4n) is 1.48. The summed E-state index contributed by atoms with van der Waals surface area (Å²) in [5, 5.41) is 8.77. The van der Waals surface area contributed by atoms with Crippen LogP contribution in [0.3, 0.4) is 0 Å². The summed E-state index contributed by atoms with van der Waals surface area (Å²) >= 11 is 15.0. The third-order valence-corrected chi connectivity index (χ3v) is 5.20. The molecule has 0 aliphatic rings. The van der Waals surface area contributed by atoms with E-state index in [1.807, 2.05) is 0 Å². The van der Waals surface area contributed by atoms with E-state index in [0.29, 0.717) is 17.3 Å². The predicted molar refractivity (Wildman–Crippen MR) is 80.3 cm³/mol. The summed E-state index contributed by atoms with van der Waals surface area (Å²) in [6.45, 7) is 0.391. The van der Waals surface area contributed by atoms with E-state index >= 15 is 0 Å². The molecule has 1 aromatic rings. The highest BCUT2D eigenvalue weighted by Crippen LogP contribution is 2.32. The van der Waals surface area contributed by atoms with Crippen molar-refractivity contribution in [3.63, 3.8) is 0 Å². The number of aliphatic hydroxyl groups is 1. The maximum atomic E-state index is 12.1. The Labute approximate surface area is 131 Å². The number of hydrogen-bond acceptors (Lipinski definition) is 3. The third-order valence-electron chi connectivity index (χ3n) is 2.36. The summed E-state index contributed by atoms with van der Waals surface area (Å²) in [7, 11) is -3.72. The summed E-state index contributed by atoms with van der Waals surface area (Å²) in [5.41, 5.74) is 0. The highest BCUT2D eigenvalue weighted by atomic mass is 79.9. The van der Waals surface area contributed by atoms with Crippen LogP contribution < -0.4 is 4.72 Å². The third kappa shape index (κ3) is 5.21. The molecule has 0 radical (unpaired) electrons. The van der Waals surface area contributed by atoms with Gasteiger partial charge in [0.15, 0.2) is 0 Å². The molecule has 0 unspecified atom stereocenters. The van der Waals surface area contributed by atoms with Crippen LogP contribution in [0.15, 0.2) is 21.5 Å². The lowest BCUT2D eigenvalue weighted by Gasteiger charge is -2.10. The summed E-state index contributed by atoms with van der Waals surface area (Å²) < 4.78 is 27.2.